The molecule has 0 radical (unpaired) electrons. The molecule has 0 spiro atoms. The van der Waals surface area contributed by atoms with E-state index in [9.17, 15) is 31.8 Å². The lowest BCUT2D eigenvalue weighted by molar-refractivity contribution is -0.0556. The van der Waals surface area contributed by atoms with E-state index in [0.29, 0.717) is 0 Å². The van der Waals surface area contributed by atoms with Crippen LogP contribution in [-0.2, 0) is 14.3 Å². The van der Waals surface area contributed by atoms with Crippen LogP contribution < -0.4 is 0 Å². The van der Waals surface area contributed by atoms with Gasteiger partial charge in [-0.05, 0) is 11.1 Å². The van der Waals surface area contributed by atoms with Gasteiger partial charge in [0.25, 0.3) is 0 Å². The van der Waals surface area contributed by atoms with Crippen LogP contribution in [0.2, 0.25) is 0 Å². The number of nitrogens with zero attached hydrogens (tertiary/aromatic N) is 6. The molecule has 0 rings (SSSR count). The molecule has 0 amide bonds. The van der Waals surface area contributed by atoms with Crippen molar-refractivity contribution >= 4 is 10.1 Å². The van der Waals surface area contributed by atoms with Gasteiger partial charge in [0.15, 0.2) is 0 Å². The number of aliphatic hydroxyl groups is 3. The minimum Gasteiger partial charge on any atom is -0.396 e. The number of azide groups is 2. The van der Waals surface area contributed by atoms with Gasteiger partial charge in [0.05, 0.1) is 37.5 Å². The molecule has 0 bridgehead atoms. The quantitative estimate of drug-likeness (QED) is 0.160. The molecule has 0 saturated heterocycles. The maximum absolute atomic E-state index is 12.1. The number of hydrogen-bond acceptors (Lipinski definition) is 8. The molecule has 0 fully saturated rings. The second-order valence-corrected chi connectivity index (χ2v) is 5.89. The van der Waals surface area contributed by atoms with Gasteiger partial charge in [-0.3, -0.25) is 4.18 Å². The molecule has 12 nitrogen and oxygen atoms in total. The molecule has 0 aliphatic carbocycles. The molecule has 0 aliphatic rings. The van der Waals surface area contributed by atoms with E-state index in [4.69, 9.17) is 16.2 Å². The van der Waals surface area contributed by atoms with Gasteiger partial charge in [-0.2, -0.15) is 21.6 Å². The molecule has 0 saturated carbocycles. The number of rotatable bonds is 10. The fourth-order valence-corrected chi connectivity index (χ4v) is 1.83. The Bertz CT molecular complexity index is 602. The lowest BCUT2D eigenvalue weighted by Gasteiger charge is -2.23. The van der Waals surface area contributed by atoms with Crippen LogP contribution in [0, 0.1) is 0 Å². The molecule has 0 aromatic rings. The highest BCUT2D eigenvalue weighted by Gasteiger charge is 2.47. The summed E-state index contributed by atoms with van der Waals surface area (Å²) >= 11 is 0. The van der Waals surface area contributed by atoms with Gasteiger partial charge in [0.1, 0.15) is 0 Å². The van der Waals surface area contributed by atoms with Gasteiger partial charge in [-0.25, -0.2) is 0 Å². The van der Waals surface area contributed by atoms with Crippen LogP contribution in [0.1, 0.15) is 6.42 Å². The van der Waals surface area contributed by atoms with E-state index in [1.165, 1.54) is 0 Å². The second kappa shape index (κ2) is 9.48. The summed E-state index contributed by atoms with van der Waals surface area (Å²) < 4.78 is 61.5. The smallest absolute Gasteiger partial charge is 0.396 e. The highest BCUT2D eigenvalue weighted by Crippen LogP contribution is 2.25. The van der Waals surface area contributed by atoms with E-state index in [0.717, 1.165) is 0 Å². The normalized spacial score (nSPS) is 17.1. The van der Waals surface area contributed by atoms with Crippen molar-refractivity contribution in [1.29, 1.82) is 0 Å². The summed E-state index contributed by atoms with van der Waals surface area (Å²) in [5, 5.41) is 34.1. The fraction of sp³-hybridized carbons (Fsp3) is 1.00. The molecule has 0 aromatic carbocycles. The van der Waals surface area contributed by atoms with E-state index < -0.39 is 59.6 Å². The van der Waals surface area contributed by atoms with E-state index in [2.05, 4.69) is 24.2 Å². The van der Waals surface area contributed by atoms with Crippen LogP contribution in [0.15, 0.2) is 10.2 Å². The topological polar surface area (TPSA) is 202 Å². The van der Waals surface area contributed by atoms with Crippen molar-refractivity contribution in [3.63, 3.8) is 0 Å². The summed E-state index contributed by atoms with van der Waals surface area (Å²) in [6.45, 7) is -2.14. The number of halogens is 3. The third-order valence-corrected chi connectivity index (χ3v) is 3.65. The van der Waals surface area contributed by atoms with Crippen molar-refractivity contribution in [2.24, 2.45) is 10.2 Å². The van der Waals surface area contributed by atoms with Gasteiger partial charge >= 0.3 is 15.6 Å². The average Bonchev–Trinajstić information content (AvgIpc) is 2.47. The van der Waals surface area contributed by atoms with Gasteiger partial charge in [0.2, 0.25) is 0 Å². The Labute approximate surface area is 132 Å². The van der Waals surface area contributed by atoms with Crippen LogP contribution in [0.3, 0.4) is 0 Å². The third-order valence-electron chi connectivity index (χ3n) is 2.64. The molecule has 16 heteroatoms. The Morgan fingerprint density at radius 2 is 1.54 bits per heavy atom. The van der Waals surface area contributed by atoms with E-state index in [1.54, 1.807) is 0 Å². The predicted molar refractivity (Wildman–Crippen MR) is 70.5 cm³/mol. The highest BCUT2D eigenvalue weighted by molar-refractivity contribution is 7.87. The van der Waals surface area contributed by atoms with E-state index in [1.807, 2.05) is 0 Å². The highest BCUT2D eigenvalue weighted by atomic mass is 32.2. The number of hydrogen-bond donors (Lipinski definition) is 3. The van der Waals surface area contributed by atoms with Crippen LogP contribution in [0.5, 0.6) is 0 Å². The molecule has 24 heavy (non-hydrogen) atoms. The van der Waals surface area contributed by atoms with Gasteiger partial charge in [-0.15, -0.1) is 0 Å². The molecule has 138 valence electrons. The summed E-state index contributed by atoms with van der Waals surface area (Å²) in [7, 11) is -5.97. The average molecular weight is 378 g/mol. The monoisotopic (exact) mass is 378 g/mol. The van der Waals surface area contributed by atoms with Crippen molar-refractivity contribution in [3.8, 4) is 0 Å². The van der Waals surface area contributed by atoms with Crippen LogP contribution >= 0.6 is 0 Å². The molecule has 4 atom stereocenters. The fourth-order valence-electron chi connectivity index (χ4n) is 1.38. The Morgan fingerprint density at radius 1 is 1.08 bits per heavy atom. The van der Waals surface area contributed by atoms with E-state index in [-0.39, 0.29) is 0 Å². The maximum Gasteiger partial charge on any atom is 0.523 e. The Morgan fingerprint density at radius 3 is 1.96 bits per heavy atom. The van der Waals surface area contributed by atoms with Gasteiger partial charge in [0, 0.05) is 16.2 Å². The second-order valence-electron chi connectivity index (χ2n) is 4.28. The summed E-state index contributed by atoms with van der Waals surface area (Å²) in [6.07, 6.45) is -4.19. The van der Waals surface area contributed by atoms with Crippen LogP contribution in [0.25, 0.3) is 20.9 Å². The lowest BCUT2D eigenvalue weighted by Crippen LogP contribution is -2.38. The summed E-state index contributed by atoms with van der Waals surface area (Å²) in [5.74, 6) is 0. The molecular weight excluding hydrogens is 365 g/mol. The minimum absolute atomic E-state index is 0.705. The first kappa shape index (κ1) is 22.2. The lowest BCUT2D eigenvalue weighted by atomic mass is 10.0. The molecule has 0 aromatic heterocycles. The molecule has 0 aliphatic heterocycles. The van der Waals surface area contributed by atoms with Crippen molar-refractivity contribution < 1.29 is 41.1 Å². The van der Waals surface area contributed by atoms with Crippen molar-refractivity contribution in [2.75, 3.05) is 13.2 Å². The Balaban J connectivity index is 5.00. The first-order valence-electron chi connectivity index (χ1n) is 6.01. The predicted octanol–water partition coefficient (Wildman–Crippen LogP) is 0.315. The largest absolute Gasteiger partial charge is 0.523 e. The van der Waals surface area contributed by atoms with Gasteiger partial charge < -0.3 is 15.3 Å². The molecular formula is C8H13F3N6O6S. The van der Waals surface area contributed by atoms with Crippen molar-refractivity contribution in [2.45, 2.75) is 36.2 Å². The zero-order valence-electron chi connectivity index (χ0n) is 11.7. The summed E-state index contributed by atoms with van der Waals surface area (Å²) in [5.41, 5.74) is 10.8. The zero-order chi connectivity index (χ0) is 19.0. The Hall–Kier alpha value is -1.80. The van der Waals surface area contributed by atoms with Crippen molar-refractivity contribution in [3.05, 3.63) is 20.9 Å². The number of alkyl halides is 3. The summed E-state index contributed by atoms with van der Waals surface area (Å²) in [4.78, 5) is 4.55. The third kappa shape index (κ3) is 6.76. The minimum atomic E-state index is -5.97. The zero-order valence-corrected chi connectivity index (χ0v) is 12.5. The Kier molecular flexibility index (Phi) is 8.77. The standard InChI is InChI=1S/C8H13F3N6O6S/c9-8(10,11)24(21,22)23-3-5(15-17-13)7(20)1-6(19)4(2-18)14-16-12/h4-7,18-20H,1-3H2/t4-,5-,6+,7+/m1/s1. The summed E-state index contributed by atoms with van der Waals surface area (Å²) in [6, 6.07) is -3.18. The first-order chi connectivity index (χ1) is 11.0. The van der Waals surface area contributed by atoms with Gasteiger partial charge in [-0.1, -0.05) is 10.2 Å². The molecule has 3 N–H and O–H groups in total. The SMILES string of the molecule is [N-]=[N+]=N[C@H](CO)[C@@H](O)C[C@H](O)[C@@H](COS(=O)(=O)C(F)(F)F)N=[N+]=[N-]. The molecule has 0 unspecified atom stereocenters. The van der Waals surface area contributed by atoms with Crippen molar-refractivity contribution in [1.82, 2.24) is 0 Å². The maximum atomic E-state index is 12.1. The molecule has 0 heterocycles. The first-order valence-corrected chi connectivity index (χ1v) is 7.42. The van der Waals surface area contributed by atoms with Crippen LogP contribution in [0.4, 0.5) is 13.2 Å². The van der Waals surface area contributed by atoms with E-state index >= 15 is 0 Å². The van der Waals surface area contributed by atoms with Crippen LogP contribution in [-0.4, -0.2) is 66.8 Å². The number of aliphatic hydroxyl groups excluding tert-OH is 3.